The summed E-state index contributed by atoms with van der Waals surface area (Å²) in [5, 5.41) is 4.83. The van der Waals surface area contributed by atoms with Gasteiger partial charge < -0.3 is 26.7 Å². The lowest BCUT2D eigenvalue weighted by atomic mass is 9.94. The number of carbonyl (C=O) groups excluding carboxylic acids is 3. The average Bonchev–Trinajstić information content (AvgIpc) is 3.59. The Bertz CT molecular complexity index is 1720. The van der Waals surface area contributed by atoms with E-state index in [0.717, 1.165) is 44.6 Å². The molecule has 0 aliphatic carbocycles. The molecular formula is C30H25N5O3S. The first-order valence-electron chi connectivity index (χ1n) is 12.1. The third kappa shape index (κ3) is 4.74. The number of rotatable bonds is 7. The van der Waals surface area contributed by atoms with Crippen LogP contribution in [0.3, 0.4) is 0 Å². The van der Waals surface area contributed by atoms with Crippen LogP contribution in [0.5, 0.6) is 0 Å². The number of aromatic amines is 1. The molecule has 0 saturated heterocycles. The second kappa shape index (κ2) is 10.4. The molecule has 9 heteroatoms. The van der Waals surface area contributed by atoms with E-state index in [0.29, 0.717) is 11.1 Å². The van der Waals surface area contributed by atoms with Crippen LogP contribution in [0.2, 0.25) is 0 Å². The standard InChI is InChI=1S/C30H25N5O3S/c1-3-26(36)33-16-18-7-4-5-8-20(18)24-15-23-21(11-12-22(28(31)37)27(23)34-24)19-9-6-10-25(17(19)2)35-13-14-39-30(35)29(32)38/h1,4-15,30,34H,16H2,2H3,(H2,31,37)(H2,32,38)(H,33,36). The van der Waals surface area contributed by atoms with Crippen molar-refractivity contribution in [3.05, 3.63) is 89.0 Å². The van der Waals surface area contributed by atoms with Crippen LogP contribution < -0.4 is 21.7 Å². The molecular weight excluding hydrogens is 510 g/mol. The molecule has 1 aliphatic heterocycles. The van der Waals surface area contributed by atoms with Crippen LogP contribution in [0, 0.1) is 19.3 Å². The minimum absolute atomic E-state index is 0.244. The lowest BCUT2D eigenvalue weighted by molar-refractivity contribution is -0.117. The van der Waals surface area contributed by atoms with Crippen molar-refractivity contribution in [1.82, 2.24) is 10.3 Å². The first-order chi connectivity index (χ1) is 18.8. The molecule has 1 aliphatic rings. The number of nitrogens with zero attached hydrogens (tertiary/aromatic N) is 1. The van der Waals surface area contributed by atoms with Gasteiger partial charge >= 0.3 is 0 Å². The van der Waals surface area contributed by atoms with Gasteiger partial charge in [-0.15, -0.1) is 6.42 Å². The van der Waals surface area contributed by atoms with E-state index in [4.69, 9.17) is 17.9 Å². The van der Waals surface area contributed by atoms with Gasteiger partial charge in [-0.1, -0.05) is 54.2 Å². The van der Waals surface area contributed by atoms with Crippen LogP contribution in [0.25, 0.3) is 33.3 Å². The SMILES string of the molecule is C#CC(=O)NCc1ccccc1-c1cc2c(-c3cccc(N4C=CSC4C(N)=O)c3C)ccc(C(N)=O)c2[nH]1. The molecule has 3 amide bonds. The van der Waals surface area contributed by atoms with Crippen LogP contribution in [0.4, 0.5) is 5.69 Å². The molecule has 0 fully saturated rings. The molecule has 0 bridgehead atoms. The summed E-state index contributed by atoms with van der Waals surface area (Å²) in [7, 11) is 0. The summed E-state index contributed by atoms with van der Waals surface area (Å²) in [4.78, 5) is 41.3. The Morgan fingerprint density at radius 3 is 2.56 bits per heavy atom. The second-order valence-corrected chi connectivity index (χ2v) is 10.0. The molecule has 4 aromatic rings. The van der Waals surface area contributed by atoms with Gasteiger partial charge in [-0.2, -0.15) is 0 Å². The molecule has 3 aromatic carbocycles. The van der Waals surface area contributed by atoms with Gasteiger partial charge in [0.1, 0.15) is 0 Å². The number of H-pyrrole nitrogens is 1. The maximum Gasteiger partial charge on any atom is 0.295 e. The van der Waals surface area contributed by atoms with E-state index in [9.17, 15) is 14.4 Å². The summed E-state index contributed by atoms with van der Waals surface area (Å²) in [6.07, 6.45) is 7.04. The highest BCUT2D eigenvalue weighted by molar-refractivity contribution is 8.03. The highest BCUT2D eigenvalue weighted by atomic mass is 32.2. The van der Waals surface area contributed by atoms with Crippen molar-refractivity contribution in [1.29, 1.82) is 0 Å². The van der Waals surface area contributed by atoms with Crippen LogP contribution in [-0.2, 0) is 16.1 Å². The lowest BCUT2D eigenvalue weighted by Gasteiger charge is -2.25. The molecule has 0 radical (unpaired) electrons. The van der Waals surface area contributed by atoms with Gasteiger partial charge in [0.25, 0.3) is 17.7 Å². The zero-order valence-corrected chi connectivity index (χ0v) is 21.8. The van der Waals surface area contributed by atoms with E-state index in [-0.39, 0.29) is 6.54 Å². The molecule has 0 saturated carbocycles. The summed E-state index contributed by atoms with van der Waals surface area (Å²) < 4.78 is 0. The number of anilines is 1. The van der Waals surface area contributed by atoms with E-state index in [2.05, 4.69) is 16.2 Å². The van der Waals surface area contributed by atoms with Crippen molar-refractivity contribution in [3.8, 4) is 34.7 Å². The molecule has 1 unspecified atom stereocenters. The van der Waals surface area contributed by atoms with Gasteiger partial charge in [-0.3, -0.25) is 14.4 Å². The predicted octanol–water partition coefficient (Wildman–Crippen LogP) is 3.99. The molecule has 8 nitrogen and oxygen atoms in total. The van der Waals surface area contributed by atoms with E-state index in [1.54, 1.807) is 6.07 Å². The fourth-order valence-corrected chi connectivity index (χ4v) is 5.69. The Morgan fingerprint density at radius 2 is 1.82 bits per heavy atom. The highest BCUT2D eigenvalue weighted by Gasteiger charge is 2.28. The fraction of sp³-hybridized carbons (Fsp3) is 0.100. The second-order valence-electron chi connectivity index (χ2n) is 9.01. The molecule has 0 spiro atoms. The molecule has 39 heavy (non-hydrogen) atoms. The minimum atomic E-state index is -0.552. The number of primary amides is 2. The number of hydrogen-bond acceptors (Lipinski definition) is 5. The number of terminal acetylenes is 1. The topological polar surface area (TPSA) is 134 Å². The Morgan fingerprint density at radius 1 is 1.05 bits per heavy atom. The molecule has 6 N–H and O–H groups in total. The van der Waals surface area contributed by atoms with Crippen LogP contribution in [0.15, 0.2) is 72.3 Å². The van der Waals surface area contributed by atoms with Gasteiger partial charge in [0.05, 0.1) is 11.1 Å². The quantitative estimate of drug-likeness (QED) is 0.266. The fourth-order valence-electron chi connectivity index (χ4n) is 4.89. The van der Waals surface area contributed by atoms with Crippen molar-refractivity contribution in [2.45, 2.75) is 18.8 Å². The number of aromatic nitrogens is 1. The van der Waals surface area contributed by atoms with Crippen molar-refractivity contribution in [3.63, 3.8) is 0 Å². The number of amides is 3. The Kier molecular flexibility index (Phi) is 6.88. The molecule has 2 heterocycles. The van der Waals surface area contributed by atoms with Gasteiger partial charge in [0, 0.05) is 35.1 Å². The Labute approximate surface area is 229 Å². The van der Waals surface area contributed by atoms with E-state index < -0.39 is 23.1 Å². The first kappa shape index (κ1) is 25.7. The Hall–Kier alpha value is -4.94. The summed E-state index contributed by atoms with van der Waals surface area (Å²) in [6, 6.07) is 19.0. The number of hydrogen-bond donors (Lipinski definition) is 4. The van der Waals surface area contributed by atoms with Crippen molar-refractivity contribution in [2.24, 2.45) is 11.5 Å². The summed E-state index contributed by atoms with van der Waals surface area (Å²) in [5.41, 5.74) is 18.4. The van der Waals surface area contributed by atoms with Gasteiger partial charge in [0.2, 0.25) is 0 Å². The highest BCUT2D eigenvalue weighted by Crippen LogP contribution is 2.40. The molecule has 1 atom stereocenters. The maximum atomic E-state index is 12.4. The van der Waals surface area contributed by atoms with E-state index in [1.807, 2.05) is 78.0 Å². The third-order valence-corrected chi connectivity index (χ3v) is 7.73. The van der Waals surface area contributed by atoms with Gasteiger partial charge in [-0.05, 0) is 58.7 Å². The number of fused-ring (bicyclic) bond motifs is 1. The largest absolute Gasteiger partial charge is 0.367 e. The third-order valence-electron chi connectivity index (χ3n) is 6.74. The van der Waals surface area contributed by atoms with Crippen molar-refractivity contribution >= 4 is 46.1 Å². The van der Waals surface area contributed by atoms with Crippen LogP contribution >= 0.6 is 11.8 Å². The van der Waals surface area contributed by atoms with E-state index in [1.165, 1.54) is 11.8 Å². The molecule has 194 valence electrons. The maximum absolute atomic E-state index is 12.4. The average molecular weight is 536 g/mol. The monoisotopic (exact) mass is 535 g/mol. The zero-order valence-electron chi connectivity index (χ0n) is 21.0. The summed E-state index contributed by atoms with van der Waals surface area (Å²) >= 11 is 1.36. The normalized spacial score (nSPS) is 14.4. The lowest BCUT2D eigenvalue weighted by Crippen LogP contribution is -2.37. The predicted molar refractivity (Wildman–Crippen MR) is 155 cm³/mol. The number of benzene rings is 3. The smallest absolute Gasteiger partial charge is 0.295 e. The molecule has 1 aromatic heterocycles. The van der Waals surface area contributed by atoms with Gasteiger partial charge in [-0.25, -0.2) is 0 Å². The van der Waals surface area contributed by atoms with Crippen molar-refractivity contribution < 1.29 is 14.4 Å². The Balaban J connectivity index is 1.66. The van der Waals surface area contributed by atoms with Crippen LogP contribution in [0.1, 0.15) is 21.5 Å². The van der Waals surface area contributed by atoms with Crippen LogP contribution in [-0.4, -0.2) is 28.1 Å². The van der Waals surface area contributed by atoms with E-state index >= 15 is 0 Å². The van der Waals surface area contributed by atoms with Gasteiger partial charge in [0.15, 0.2) is 5.37 Å². The number of carbonyl (C=O) groups is 3. The summed E-state index contributed by atoms with van der Waals surface area (Å²) in [6.45, 7) is 2.23. The zero-order chi connectivity index (χ0) is 27.7. The number of nitrogens with one attached hydrogen (secondary N) is 2. The minimum Gasteiger partial charge on any atom is -0.367 e. The number of nitrogens with two attached hydrogens (primary N) is 2. The first-order valence-corrected chi connectivity index (χ1v) is 13.0. The van der Waals surface area contributed by atoms with Crippen molar-refractivity contribution in [2.75, 3.05) is 4.90 Å². The molecule has 5 rings (SSSR count). The summed E-state index contributed by atoms with van der Waals surface area (Å²) in [5.74, 6) is 0.583. The number of thioether (sulfide) groups is 1.